The Balaban J connectivity index is 1.89. The zero-order chi connectivity index (χ0) is 15.5. The molecule has 1 aromatic rings. The van der Waals surface area contributed by atoms with Gasteiger partial charge >= 0.3 is 6.18 Å². The maximum absolute atomic E-state index is 12.7. The summed E-state index contributed by atoms with van der Waals surface area (Å²) in [6, 6.07) is 6.74. The molecule has 1 atom stereocenters. The van der Waals surface area contributed by atoms with Crippen molar-refractivity contribution in [3.05, 3.63) is 29.3 Å². The molecule has 116 valence electrons. The summed E-state index contributed by atoms with van der Waals surface area (Å²) in [5.41, 5.74) is 0.466. The zero-order valence-corrected chi connectivity index (χ0v) is 12.0. The van der Waals surface area contributed by atoms with E-state index in [9.17, 15) is 18.0 Å². The first-order valence-corrected chi connectivity index (χ1v) is 7.07. The van der Waals surface area contributed by atoms with Gasteiger partial charge in [0.15, 0.2) is 0 Å². The van der Waals surface area contributed by atoms with Crippen molar-refractivity contribution in [2.45, 2.75) is 19.0 Å². The molecular formula is C14H16ClF3N2O. The number of piperidine rings is 1. The third kappa shape index (κ3) is 4.61. The minimum atomic E-state index is -4.20. The van der Waals surface area contributed by atoms with Crippen LogP contribution >= 0.6 is 11.6 Å². The van der Waals surface area contributed by atoms with E-state index in [1.165, 1.54) is 4.90 Å². The number of anilines is 1. The van der Waals surface area contributed by atoms with Gasteiger partial charge in [0.1, 0.15) is 0 Å². The molecule has 0 radical (unpaired) electrons. The van der Waals surface area contributed by atoms with Crippen molar-refractivity contribution in [3.8, 4) is 0 Å². The number of carbonyl (C=O) groups is 1. The molecule has 1 aromatic carbocycles. The minimum Gasteiger partial charge on any atom is -0.324 e. The number of likely N-dealkylation sites (tertiary alicyclic amines) is 1. The van der Waals surface area contributed by atoms with Crippen LogP contribution in [0.4, 0.5) is 18.9 Å². The van der Waals surface area contributed by atoms with Crippen LogP contribution in [0.1, 0.15) is 12.8 Å². The van der Waals surface area contributed by atoms with Crippen molar-refractivity contribution >= 4 is 23.2 Å². The molecule has 1 aliphatic heterocycles. The second-order valence-electron chi connectivity index (χ2n) is 5.14. The van der Waals surface area contributed by atoms with E-state index in [4.69, 9.17) is 11.6 Å². The standard InChI is InChI=1S/C14H16ClF3N2O/c15-11-5-1-2-6-12(11)19-13(21)9-20-7-3-4-10(8-20)14(16,17)18/h1-2,5-6,10H,3-4,7-9H2,(H,19,21)/t10-/m0/s1. The molecule has 0 spiro atoms. The average molecular weight is 321 g/mol. The molecule has 0 saturated carbocycles. The number of carbonyl (C=O) groups excluding carboxylic acids is 1. The van der Waals surface area contributed by atoms with Crippen LogP contribution in [-0.2, 0) is 4.79 Å². The van der Waals surface area contributed by atoms with Crippen molar-refractivity contribution < 1.29 is 18.0 Å². The second kappa shape index (κ2) is 6.66. The number of hydrogen-bond donors (Lipinski definition) is 1. The molecule has 0 aliphatic carbocycles. The SMILES string of the molecule is O=C(CN1CCC[C@H](C(F)(F)F)C1)Nc1ccccc1Cl. The maximum Gasteiger partial charge on any atom is 0.393 e. The highest BCUT2D eigenvalue weighted by Crippen LogP contribution is 2.33. The van der Waals surface area contributed by atoms with Gasteiger partial charge in [0.2, 0.25) is 5.91 Å². The lowest BCUT2D eigenvalue weighted by atomic mass is 9.97. The average Bonchev–Trinajstić information content (AvgIpc) is 2.41. The van der Waals surface area contributed by atoms with Crippen LogP contribution in [0.3, 0.4) is 0 Å². The molecule has 7 heteroatoms. The number of hydrogen-bond acceptors (Lipinski definition) is 2. The largest absolute Gasteiger partial charge is 0.393 e. The van der Waals surface area contributed by atoms with Gasteiger partial charge in [-0.3, -0.25) is 9.69 Å². The minimum absolute atomic E-state index is 0.0577. The van der Waals surface area contributed by atoms with Gasteiger partial charge in [-0.2, -0.15) is 13.2 Å². The van der Waals surface area contributed by atoms with E-state index in [1.807, 2.05) is 0 Å². The van der Waals surface area contributed by atoms with Crippen LogP contribution in [0.5, 0.6) is 0 Å². The summed E-state index contributed by atoms with van der Waals surface area (Å²) in [5, 5.41) is 3.02. The van der Waals surface area contributed by atoms with Gasteiger partial charge in [-0.1, -0.05) is 23.7 Å². The molecule has 2 rings (SSSR count). The van der Waals surface area contributed by atoms with Crippen LogP contribution in [0.15, 0.2) is 24.3 Å². The number of amides is 1. The molecule has 1 heterocycles. The molecule has 1 aliphatic rings. The molecule has 1 saturated heterocycles. The first-order valence-electron chi connectivity index (χ1n) is 6.69. The highest BCUT2D eigenvalue weighted by molar-refractivity contribution is 6.33. The molecule has 3 nitrogen and oxygen atoms in total. The predicted molar refractivity (Wildman–Crippen MR) is 75.3 cm³/mol. The van der Waals surface area contributed by atoms with E-state index in [0.717, 1.165) is 0 Å². The van der Waals surface area contributed by atoms with E-state index in [1.54, 1.807) is 24.3 Å². The van der Waals surface area contributed by atoms with Gasteiger partial charge in [0, 0.05) is 6.54 Å². The van der Waals surface area contributed by atoms with Crippen molar-refractivity contribution in [2.24, 2.45) is 5.92 Å². The molecule has 0 bridgehead atoms. The molecule has 1 N–H and O–H groups in total. The Morgan fingerprint density at radius 2 is 2.10 bits per heavy atom. The zero-order valence-electron chi connectivity index (χ0n) is 11.3. The predicted octanol–water partition coefficient (Wildman–Crippen LogP) is 3.55. The monoisotopic (exact) mass is 320 g/mol. The Morgan fingerprint density at radius 3 is 2.76 bits per heavy atom. The Hall–Kier alpha value is -1.27. The Morgan fingerprint density at radius 1 is 1.38 bits per heavy atom. The van der Waals surface area contributed by atoms with Gasteiger partial charge in [-0.05, 0) is 31.5 Å². The topological polar surface area (TPSA) is 32.3 Å². The number of alkyl halides is 3. The number of halogens is 4. The van der Waals surface area contributed by atoms with Crippen LogP contribution < -0.4 is 5.32 Å². The number of para-hydroxylation sites is 1. The third-order valence-corrected chi connectivity index (χ3v) is 3.81. The van der Waals surface area contributed by atoms with Crippen LogP contribution in [0.2, 0.25) is 5.02 Å². The number of nitrogens with zero attached hydrogens (tertiary/aromatic N) is 1. The molecule has 1 amide bonds. The Kier molecular flexibility index (Phi) is 5.11. The molecule has 1 fully saturated rings. The van der Waals surface area contributed by atoms with Crippen molar-refractivity contribution in [1.82, 2.24) is 4.90 Å². The fourth-order valence-corrected chi connectivity index (χ4v) is 2.60. The highest BCUT2D eigenvalue weighted by atomic mass is 35.5. The number of nitrogens with one attached hydrogen (secondary N) is 1. The number of rotatable bonds is 3. The van der Waals surface area contributed by atoms with Crippen molar-refractivity contribution in [1.29, 1.82) is 0 Å². The Bertz CT molecular complexity index is 507. The van der Waals surface area contributed by atoms with Gasteiger partial charge in [0.05, 0.1) is 23.2 Å². The normalized spacial score (nSPS) is 20.3. The quantitative estimate of drug-likeness (QED) is 0.923. The molecule has 21 heavy (non-hydrogen) atoms. The summed E-state index contributed by atoms with van der Waals surface area (Å²) in [6.07, 6.45) is -3.62. The van der Waals surface area contributed by atoms with Gasteiger partial charge in [0.25, 0.3) is 0 Å². The van der Waals surface area contributed by atoms with Crippen LogP contribution in [-0.4, -0.2) is 36.6 Å². The van der Waals surface area contributed by atoms with E-state index in [2.05, 4.69) is 5.32 Å². The molecule has 0 unspecified atom stereocenters. The van der Waals surface area contributed by atoms with Crippen molar-refractivity contribution in [3.63, 3.8) is 0 Å². The summed E-state index contributed by atoms with van der Waals surface area (Å²) >= 11 is 5.92. The van der Waals surface area contributed by atoms with E-state index < -0.39 is 12.1 Å². The fourth-order valence-electron chi connectivity index (χ4n) is 2.42. The van der Waals surface area contributed by atoms with Gasteiger partial charge in [-0.15, -0.1) is 0 Å². The number of benzene rings is 1. The first kappa shape index (κ1) is 16.1. The van der Waals surface area contributed by atoms with E-state index in [-0.39, 0.29) is 25.4 Å². The lowest BCUT2D eigenvalue weighted by molar-refractivity contribution is -0.186. The lowest BCUT2D eigenvalue weighted by Crippen LogP contribution is -2.44. The van der Waals surface area contributed by atoms with Crippen LogP contribution in [0, 0.1) is 5.92 Å². The van der Waals surface area contributed by atoms with E-state index in [0.29, 0.717) is 23.7 Å². The highest BCUT2D eigenvalue weighted by Gasteiger charge is 2.41. The summed E-state index contributed by atoms with van der Waals surface area (Å²) in [4.78, 5) is 13.4. The summed E-state index contributed by atoms with van der Waals surface area (Å²) in [6.45, 7) is 0.319. The van der Waals surface area contributed by atoms with Gasteiger partial charge < -0.3 is 5.32 Å². The molecule has 0 aromatic heterocycles. The third-order valence-electron chi connectivity index (χ3n) is 3.48. The smallest absolute Gasteiger partial charge is 0.324 e. The first-order chi connectivity index (χ1) is 9.86. The maximum atomic E-state index is 12.7. The fraction of sp³-hybridized carbons (Fsp3) is 0.500. The van der Waals surface area contributed by atoms with Crippen molar-refractivity contribution in [2.75, 3.05) is 25.0 Å². The van der Waals surface area contributed by atoms with Gasteiger partial charge in [-0.25, -0.2) is 0 Å². The second-order valence-corrected chi connectivity index (χ2v) is 5.55. The van der Waals surface area contributed by atoms with E-state index >= 15 is 0 Å². The molecular weight excluding hydrogens is 305 g/mol. The van der Waals surface area contributed by atoms with Crippen LogP contribution in [0.25, 0.3) is 0 Å². The summed E-state index contributed by atoms with van der Waals surface area (Å²) in [7, 11) is 0. The Labute approximate surface area is 126 Å². The lowest BCUT2D eigenvalue weighted by Gasteiger charge is -2.33. The summed E-state index contributed by atoms with van der Waals surface area (Å²) < 4.78 is 38.1. The summed E-state index contributed by atoms with van der Waals surface area (Å²) in [5.74, 6) is -1.70.